The standard InChI is InChI=1S/2C21H38O2/c2*1-20(2)18-16-14-12-10-8-6-4-3-5-7-9-11-13-15-17-19-21(22)23/h2*3,5,9,11,20H,4,6-8,10,12-19H2,1-2H3,(H,22,23)/b2*5-3-,11-9-. The Morgan fingerprint density at radius 2 is 0.652 bits per heavy atom. The molecule has 46 heavy (non-hydrogen) atoms. The minimum absolute atomic E-state index is 0.297. The van der Waals surface area contributed by atoms with Crippen molar-refractivity contribution < 1.29 is 19.8 Å². The summed E-state index contributed by atoms with van der Waals surface area (Å²) in [6, 6.07) is 0. The lowest BCUT2D eigenvalue weighted by molar-refractivity contribution is -0.138. The van der Waals surface area contributed by atoms with Crippen molar-refractivity contribution in [2.24, 2.45) is 11.8 Å². The van der Waals surface area contributed by atoms with Gasteiger partial charge in [-0.25, -0.2) is 0 Å². The average molecular weight is 645 g/mol. The van der Waals surface area contributed by atoms with Gasteiger partial charge in [-0.1, -0.05) is 153 Å². The maximum atomic E-state index is 10.3. The average Bonchev–Trinajstić information content (AvgIpc) is 3.00. The van der Waals surface area contributed by atoms with Gasteiger partial charge in [-0.2, -0.15) is 0 Å². The number of allylic oxidation sites excluding steroid dienone is 8. The van der Waals surface area contributed by atoms with Crippen molar-refractivity contribution in [2.45, 2.75) is 195 Å². The van der Waals surface area contributed by atoms with Gasteiger partial charge in [0.05, 0.1) is 0 Å². The Kier molecular flexibility index (Phi) is 39.1. The summed E-state index contributed by atoms with van der Waals surface area (Å²) in [4.78, 5) is 20.7. The number of aliphatic carboxylic acids is 2. The Balaban J connectivity index is 0. The molecule has 0 radical (unpaired) electrons. The first-order chi connectivity index (χ1) is 22.3. The summed E-state index contributed by atoms with van der Waals surface area (Å²) >= 11 is 0. The third kappa shape index (κ3) is 48.8. The molecule has 0 bridgehead atoms. The molecule has 2 N–H and O–H groups in total. The van der Waals surface area contributed by atoms with Gasteiger partial charge < -0.3 is 10.2 Å². The Hall–Kier alpha value is -2.10. The van der Waals surface area contributed by atoms with Gasteiger partial charge in [0.25, 0.3) is 0 Å². The van der Waals surface area contributed by atoms with Crippen LogP contribution in [0.4, 0.5) is 0 Å². The first-order valence-electron chi connectivity index (χ1n) is 19.3. The van der Waals surface area contributed by atoms with Crippen molar-refractivity contribution in [3.8, 4) is 0 Å². The van der Waals surface area contributed by atoms with E-state index in [2.05, 4.69) is 76.3 Å². The van der Waals surface area contributed by atoms with Crippen molar-refractivity contribution in [1.29, 1.82) is 0 Å². The molecule has 0 aliphatic heterocycles. The molecule has 0 aromatic rings. The lowest BCUT2D eigenvalue weighted by atomic mass is 10.0. The van der Waals surface area contributed by atoms with Crippen molar-refractivity contribution >= 4 is 11.9 Å². The van der Waals surface area contributed by atoms with Crippen LogP contribution in [0, 0.1) is 11.8 Å². The fourth-order valence-electron chi connectivity index (χ4n) is 5.13. The monoisotopic (exact) mass is 645 g/mol. The van der Waals surface area contributed by atoms with Crippen molar-refractivity contribution in [2.75, 3.05) is 0 Å². The summed E-state index contributed by atoms with van der Waals surface area (Å²) in [6.45, 7) is 9.23. The second-order valence-electron chi connectivity index (χ2n) is 13.8. The number of hydrogen-bond acceptors (Lipinski definition) is 2. The summed E-state index contributed by atoms with van der Waals surface area (Å²) in [7, 11) is 0. The molecule has 4 nitrogen and oxygen atoms in total. The van der Waals surface area contributed by atoms with Gasteiger partial charge in [0.15, 0.2) is 0 Å². The van der Waals surface area contributed by atoms with Gasteiger partial charge in [0, 0.05) is 12.8 Å². The van der Waals surface area contributed by atoms with Gasteiger partial charge in [-0.05, 0) is 88.9 Å². The van der Waals surface area contributed by atoms with Gasteiger partial charge in [-0.3, -0.25) is 9.59 Å². The molecule has 0 heterocycles. The summed E-state index contributed by atoms with van der Waals surface area (Å²) in [6.07, 6.45) is 47.7. The van der Waals surface area contributed by atoms with Crippen molar-refractivity contribution in [1.82, 2.24) is 0 Å². The van der Waals surface area contributed by atoms with Crippen LogP contribution in [0.25, 0.3) is 0 Å². The lowest BCUT2D eigenvalue weighted by Crippen LogP contribution is -1.92. The molecule has 0 atom stereocenters. The normalized spacial score (nSPS) is 12.0. The highest BCUT2D eigenvalue weighted by Crippen LogP contribution is 2.13. The van der Waals surface area contributed by atoms with E-state index in [1.165, 1.54) is 103 Å². The molecule has 0 unspecified atom stereocenters. The van der Waals surface area contributed by atoms with E-state index in [0.29, 0.717) is 12.8 Å². The second kappa shape index (κ2) is 39.1. The van der Waals surface area contributed by atoms with Crippen LogP contribution in [-0.2, 0) is 9.59 Å². The number of rotatable bonds is 32. The Bertz CT molecular complexity index is 696. The van der Waals surface area contributed by atoms with Gasteiger partial charge in [0.1, 0.15) is 0 Å². The number of unbranched alkanes of at least 4 members (excludes halogenated alkanes) is 16. The van der Waals surface area contributed by atoms with Crippen LogP contribution in [-0.4, -0.2) is 22.2 Å². The summed E-state index contributed by atoms with van der Waals surface area (Å²) in [5, 5.41) is 17.0. The number of carbonyl (C=O) groups is 2. The molecule has 0 saturated carbocycles. The minimum atomic E-state index is -0.688. The van der Waals surface area contributed by atoms with Crippen LogP contribution in [0.5, 0.6) is 0 Å². The molecular weight excluding hydrogens is 568 g/mol. The van der Waals surface area contributed by atoms with Crippen LogP contribution in [0.1, 0.15) is 195 Å². The first kappa shape index (κ1) is 46.0. The number of carboxylic acid groups (broad SMARTS) is 2. The van der Waals surface area contributed by atoms with Gasteiger partial charge in [-0.15, -0.1) is 0 Å². The van der Waals surface area contributed by atoms with E-state index in [9.17, 15) is 9.59 Å². The Morgan fingerprint density at radius 3 is 0.935 bits per heavy atom. The van der Waals surface area contributed by atoms with Gasteiger partial charge in [0.2, 0.25) is 0 Å². The molecule has 0 aliphatic rings. The van der Waals surface area contributed by atoms with Crippen LogP contribution >= 0.6 is 0 Å². The largest absolute Gasteiger partial charge is 0.481 e. The molecule has 0 spiro atoms. The molecule has 0 aromatic heterocycles. The Morgan fingerprint density at radius 1 is 0.391 bits per heavy atom. The molecule has 268 valence electrons. The van der Waals surface area contributed by atoms with Crippen LogP contribution in [0.2, 0.25) is 0 Å². The highest BCUT2D eigenvalue weighted by Gasteiger charge is 1.97. The molecule has 0 amide bonds. The molecule has 0 aromatic carbocycles. The third-order valence-corrected chi connectivity index (χ3v) is 8.04. The molecule has 0 fully saturated rings. The topological polar surface area (TPSA) is 74.6 Å². The van der Waals surface area contributed by atoms with Gasteiger partial charge >= 0.3 is 11.9 Å². The van der Waals surface area contributed by atoms with Crippen LogP contribution in [0.15, 0.2) is 48.6 Å². The summed E-state index contributed by atoms with van der Waals surface area (Å²) in [5.74, 6) is 0.345. The van der Waals surface area contributed by atoms with E-state index in [0.717, 1.165) is 63.2 Å². The molecule has 0 rings (SSSR count). The van der Waals surface area contributed by atoms with E-state index in [-0.39, 0.29) is 0 Å². The zero-order valence-electron chi connectivity index (χ0n) is 30.9. The van der Waals surface area contributed by atoms with Crippen LogP contribution < -0.4 is 0 Å². The predicted octanol–water partition coefficient (Wildman–Crippen LogP) is 13.8. The summed E-state index contributed by atoms with van der Waals surface area (Å²) < 4.78 is 0. The van der Waals surface area contributed by atoms with Crippen molar-refractivity contribution in [3.05, 3.63) is 48.6 Å². The highest BCUT2D eigenvalue weighted by atomic mass is 16.4. The third-order valence-electron chi connectivity index (χ3n) is 8.04. The predicted molar refractivity (Wildman–Crippen MR) is 202 cm³/mol. The fraction of sp³-hybridized carbons (Fsp3) is 0.762. The molecule has 0 aliphatic carbocycles. The van der Waals surface area contributed by atoms with E-state index < -0.39 is 11.9 Å². The second-order valence-corrected chi connectivity index (χ2v) is 13.8. The SMILES string of the molecule is CC(C)CCCCCCCC/C=C\C/C=C\CCCCC(=O)O.CC(C)CCCCCCCC/C=C\C/C=C\CCCCC(=O)O. The highest BCUT2D eigenvalue weighted by molar-refractivity contribution is 5.66. The Labute approximate surface area is 286 Å². The maximum Gasteiger partial charge on any atom is 0.303 e. The minimum Gasteiger partial charge on any atom is -0.481 e. The van der Waals surface area contributed by atoms with E-state index in [1.54, 1.807) is 0 Å². The summed E-state index contributed by atoms with van der Waals surface area (Å²) in [5.41, 5.74) is 0. The smallest absolute Gasteiger partial charge is 0.303 e. The fourth-order valence-corrected chi connectivity index (χ4v) is 5.13. The van der Waals surface area contributed by atoms with E-state index in [1.807, 2.05) is 0 Å². The molecule has 0 saturated heterocycles. The zero-order valence-corrected chi connectivity index (χ0v) is 30.9. The zero-order chi connectivity index (χ0) is 34.4. The van der Waals surface area contributed by atoms with E-state index >= 15 is 0 Å². The molecular formula is C42H76O4. The maximum absolute atomic E-state index is 10.3. The van der Waals surface area contributed by atoms with E-state index in [4.69, 9.17) is 10.2 Å². The number of hydrogen-bond donors (Lipinski definition) is 2. The molecule has 4 heteroatoms. The van der Waals surface area contributed by atoms with Crippen molar-refractivity contribution in [3.63, 3.8) is 0 Å². The lowest BCUT2D eigenvalue weighted by Gasteiger charge is -2.03. The number of carboxylic acids is 2. The van der Waals surface area contributed by atoms with Crippen LogP contribution in [0.3, 0.4) is 0 Å². The quantitative estimate of drug-likeness (QED) is 0.0564. The first-order valence-corrected chi connectivity index (χ1v) is 19.3.